The van der Waals surface area contributed by atoms with Crippen molar-refractivity contribution in [2.75, 3.05) is 9.80 Å². The molecule has 11 aromatic rings. The number of anilines is 6. The van der Waals surface area contributed by atoms with E-state index < -0.39 is 14.2 Å². The fourth-order valence-corrected chi connectivity index (χ4v) is 19.9. The van der Waals surface area contributed by atoms with Crippen molar-refractivity contribution < 1.29 is 37.2 Å². The van der Waals surface area contributed by atoms with Crippen LogP contribution in [-0.4, -0.2) is 73.3 Å². The Kier molecular flexibility index (Phi) is 26.0. The lowest BCUT2D eigenvalue weighted by atomic mass is 9.57. The van der Waals surface area contributed by atoms with E-state index in [2.05, 4.69) is 398 Å². The third-order valence-electron chi connectivity index (χ3n) is 28.4. The second kappa shape index (κ2) is 35.5. The molecule has 1 spiro atoms. The summed E-state index contributed by atoms with van der Waals surface area (Å²) in [6.07, 6.45) is 15.7. The molecule has 1 aromatic heterocycles. The van der Waals surface area contributed by atoms with Crippen LogP contribution in [0.4, 0.5) is 34.1 Å². The summed E-state index contributed by atoms with van der Waals surface area (Å²) in [7, 11) is -1.55. The van der Waals surface area contributed by atoms with Gasteiger partial charge in [-0.25, -0.2) is 0 Å². The Morgan fingerprint density at radius 3 is 1.07 bits per heavy atom. The molecule has 6 aliphatic rings. The van der Waals surface area contributed by atoms with Gasteiger partial charge in [0.2, 0.25) is 0 Å². The molecule has 17 heteroatoms. The molecule has 5 heterocycles. The van der Waals surface area contributed by atoms with E-state index in [1.807, 2.05) is 11.3 Å². The third-order valence-corrected chi connectivity index (χ3v) is 30.7. The number of fused-ring (bicyclic) bond motifs is 8. The maximum absolute atomic E-state index is 6.58. The van der Waals surface area contributed by atoms with Gasteiger partial charge in [0, 0.05) is 68.7 Å². The summed E-state index contributed by atoms with van der Waals surface area (Å²) in [6.45, 7) is 45.5. The molecule has 0 radical (unpaired) electrons. The van der Waals surface area contributed by atoms with Gasteiger partial charge in [0.15, 0.2) is 0 Å². The van der Waals surface area contributed by atoms with Crippen molar-refractivity contribution in [3.8, 4) is 22.3 Å². The molecule has 2 atom stereocenters. The van der Waals surface area contributed by atoms with Crippen LogP contribution >= 0.6 is 43.2 Å². The maximum atomic E-state index is 6.58. The van der Waals surface area contributed by atoms with Crippen LogP contribution < -0.4 is 31.7 Å². The van der Waals surface area contributed by atoms with Crippen molar-refractivity contribution in [1.82, 2.24) is 0 Å². The Morgan fingerprint density at radius 1 is 0.352 bits per heavy atom. The molecular formula is C105H124B4Br2N2O8S. The monoisotopic (exact) mass is 1770 g/mol. The number of hydrogen-bond donors (Lipinski definition) is 0. The van der Waals surface area contributed by atoms with E-state index >= 15 is 0 Å². The first kappa shape index (κ1) is 89.5. The number of thiophene rings is 1. The molecular weight excluding hydrogens is 1650 g/mol. The topological polar surface area (TPSA) is 80.3 Å². The zero-order chi connectivity index (χ0) is 86.7. The summed E-state index contributed by atoms with van der Waals surface area (Å²) < 4.78 is 56.4. The van der Waals surface area contributed by atoms with Crippen LogP contribution in [0.25, 0.3) is 42.4 Å². The number of allylic oxidation sites excluding steroid dienone is 1. The first-order valence-corrected chi connectivity index (χ1v) is 47.2. The number of aryl methyl sites for hydroxylation is 1. The molecule has 17 rings (SSSR count). The van der Waals surface area contributed by atoms with E-state index in [-0.39, 0.29) is 64.5 Å². The highest BCUT2D eigenvalue weighted by Crippen LogP contribution is 2.60. The van der Waals surface area contributed by atoms with Gasteiger partial charge in [-0.1, -0.05) is 231 Å². The van der Waals surface area contributed by atoms with Crippen molar-refractivity contribution >= 4 is 148 Å². The minimum atomic E-state index is -0.390. The second-order valence-electron chi connectivity index (χ2n) is 38.8. The SMILES string of the molecule is Brc1ccc(N(c2ccc(Br)cc2)c2ccc(-c3cccc4c3sc3ccccc34)cc2)cc1.C=C1C(CCCC)CC2(CC1CCCC)c1cc(B3OC(C)(C)C(C)(C)O3)ccc1-c1ccc(B3OC(C)(C)C(C)(C)O3)cc12.CCCCCCc1ccc(N(c2ccc(B3OC(C)(C)C(C)(C)O3)cc2)c2ccc(B3OC(C)(C)C(C)(C)O3)cc2)cc1. The van der Waals surface area contributed by atoms with E-state index in [1.54, 1.807) is 0 Å². The van der Waals surface area contributed by atoms with Crippen LogP contribution in [0.2, 0.25) is 0 Å². The van der Waals surface area contributed by atoms with E-state index in [0.29, 0.717) is 11.8 Å². The van der Waals surface area contributed by atoms with Gasteiger partial charge in [0.05, 0.1) is 44.8 Å². The molecule has 5 fully saturated rings. The fourth-order valence-electron chi connectivity index (χ4n) is 18.1. The molecule has 4 saturated heterocycles. The molecule has 0 bridgehead atoms. The second-order valence-corrected chi connectivity index (χ2v) is 41.7. The molecule has 2 unspecified atom stereocenters. The lowest BCUT2D eigenvalue weighted by molar-refractivity contribution is 0.00578. The standard InChI is InChI=1S/C39H56B2O4.C36H49B2NO4.C30H19Br2NS/c1-12-14-16-27-24-39(25-28(26(27)3)17-15-13-2)33-22-29(40-42-35(4,5)36(6,7)43-40)18-20-31(33)32-21-19-30(23-34(32)39)41-44-37(8,9)38(10,11)45-41;1-10-11-12-13-14-27-15-21-30(22-16-27)39(31-23-17-28(18-24-31)37-40-33(2,3)34(4,5)41-37)32-25-19-29(20-26-32)38-42-35(6,7)36(8,9)43-38;31-21-10-16-24(17-11-21)33(25-18-12-22(32)13-19-25)23-14-8-20(9-15-23)26-5-3-6-28-27-4-1-2-7-29(27)34-30(26)28/h18-23,27-28H,3,12-17,24-25H2,1-2,4-11H3;15-26H,10-14H2,1-9H3;1-19H. The van der Waals surface area contributed by atoms with E-state index in [0.717, 1.165) is 84.2 Å². The summed E-state index contributed by atoms with van der Waals surface area (Å²) in [6, 6.07) is 81.2. The Hall–Kier alpha value is -7.34. The van der Waals surface area contributed by atoms with Crippen LogP contribution in [-0.2, 0) is 49.1 Å². The molecule has 634 valence electrons. The minimum Gasteiger partial charge on any atom is -0.399 e. The van der Waals surface area contributed by atoms with Gasteiger partial charge >= 0.3 is 28.5 Å². The molecule has 0 N–H and O–H groups in total. The Bertz CT molecular complexity index is 5220. The fraction of sp³-hybridized carbons (Fsp3) is 0.410. The number of hydrogen-bond acceptors (Lipinski definition) is 11. The lowest BCUT2D eigenvalue weighted by Gasteiger charge is -2.46. The highest BCUT2D eigenvalue weighted by atomic mass is 79.9. The van der Waals surface area contributed by atoms with Crippen LogP contribution in [0.3, 0.4) is 0 Å². The summed E-state index contributed by atoms with van der Waals surface area (Å²) in [4.78, 5) is 4.57. The summed E-state index contributed by atoms with van der Waals surface area (Å²) in [5.74, 6) is 1.00. The molecule has 10 aromatic carbocycles. The van der Waals surface area contributed by atoms with E-state index in [1.165, 1.54) is 129 Å². The van der Waals surface area contributed by atoms with Crippen LogP contribution in [0, 0.1) is 11.8 Å². The van der Waals surface area contributed by atoms with E-state index in [4.69, 9.17) is 43.8 Å². The quantitative estimate of drug-likeness (QED) is 0.0372. The molecule has 2 aliphatic carbocycles. The average Bonchev–Trinajstić information content (AvgIpc) is 1.54. The van der Waals surface area contributed by atoms with Gasteiger partial charge in [-0.15, -0.1) is 11.3 Å². The van der Waals surface area contributed by atoms with Gasteiger partial charge in [-0.2, -0.15) is 0 Å². The summed E-state index contributed by atoms with van der Waals surface area (Å²) in [5, 5.41) is 2.66. The predicted molar refractivity (Wildman–Crippen MR) is 524 cm³/mol. The van der Waals surface area contributed by atoms with Crippen LogP contribution in [0.15, 0.2) is 246 Å². The van der Waals surface area contributed by atoms with Gasteiger partial charge in [0.1, 0.15) is 0 Å². The van der Waals surface area contributed by atoms with Gasteiger partial charge in [-0.3, -0.25) is 0 Å². The highest BCUT2D eigenvalue weighted by molar-refractivity contribution is 9.10. The van der Waals surface area contributed by atoms with Gasteiger partial charge in [-0.05, 0) is 325 Å². The molecule has 122 heavy (non-hydrogen) atoms. The average molecular weight is 1780 g/mol. The number of nitrogens with zero attached hydrogens (tertiary/aromatic N) is 2. The van der Waals surface area contributed by atoms with Crippen molar-refractivity contribution in [3.63, 3.8) is 0 Å². The normalized spacial score (nSPS) is 20.1. The van der Waals surface area contributed by atoms with Crippen LogP contribution in [0.1, 0.15) is 225 Å². The first-order valence-electron chi connectivity index (χ1n) is 44.8. The number of benzene rings is 10. The molecule has 4 aliphatic heterocycles. The smallest absolute Gasteiger partial charge is 0.399 e. The van der Waals surface area contributed by atoms with Crippen LogP contribution in [0.5, 0.6) is 0 Å². The summed E-state index contributed by atoms with van der Waals surface area (Å²) >= 11 is 8.99. The van der Waals surface area contributed by atoms with Crippen molar-refractivity contribution in [2.24, 2.45) is 11.8 Å². The maximum Gasteiger partial charge on any atom is 0.494 e. The Labute approximate surface area is 750 Å². The summed E-state index contributed by atoms with van der Waals surface area (Å²) in [5.41, 5.74) is 18.7. The Balaban J connectivity index is 0.000000143. The molecule has 1 saturated carbocycles. The van der Waals surface area contributed by atoms with E-state index in [9.17, 15) is 0 Å². The first-order chi connectivity index (χ1) is 58.0. The zero-order valence-electron chi connectivity index (χ0n) is 75.6. The molecule has 10 nitrogen and oxygen atoms in total. The largest absolute Gasteiger partial charge is 0.494 e. The van der Waals surface area contributed by atoms with Gasteiger partial charge < -0.3 is 47.0 Å². The highest BCUT2D eigenvalue weighted by Gasteiger charge is 2.57. The van der Waals surface area contributed by atoms with Crippen molar-refractivity contribution in [3.05, 3.63) is 262 Å². The zero-order valence-corrected chi connectivity index (χ0v) is 79.5. The van der Waals surface area contributed by atoms with Crippen molar-refractivity contribution in [2.45, 2.75) is 265 Å². The molecule has 0 amide bonds. The predicted octanol–water partition coefficient (Wildman–Crippen LogP) is 27.1. The number of rotatable bonds is 22. The van der Waals surface area contributed by atoms with Crippen molar-refractivity contribution in [1.29, 1.82) is 0 Å². The van der Waals surface area contributed by atoms with Gasteiger partial charge in [0.25, 0.3) is 0 Å². The lowest BCUT2D eigenvalue weighted by Crippen LogP contribution is -2.41. The third kappa shape index (κ3) is 18.0. The number of halogens is 2. The minimum absolute atomic E-state index is 0.109. The Morgan fingerprint density at radius 2 is 0.689 bits per heavy atom. The number of unbranched alkanes of at least 4 members (excludes halogenated alkanes) is 5.